The molecule has 3 heteroatoms. The van der Waals surface area contributed by atoms with Crippen molar-refractivity contribution >= 4 is 6.03 Å². The Morgan fingerprint density at radius 2 is 2.00 bits per heavy atom. The van der Waals surface area contributed by atoms with Crippen molar-refractivity contribution in [2.75, 3.05) is 13.6 Å². The Morgan fingerprint density at radius 3 is 2.50 bits per heavy atom. The molecule has 3 nitrogen and oxygen atoms in total. The van der Waals surface area contributed by atoms with Crippen LogP contribution in [-0.4, -0.2) is 24.5 Å². The number of carbonyl (C=O) groups excluding carboxylic acids is 1. The van der Waals surface area contributed by atoms with Crippen LogP contribution in [0.2, 0.25) is 0 Å². The average Bonchev–Trinajstić information content (AvgIpc) is 2.59. The number of benzene rings is 1. The number of nitrogens with zero attached hydrogens (tertiary/aromatic N) is 1. The Morgan fingerprint density at radius 1 is 1.33 bits per heavy atom. The minimum Gasteiger partial charge on any atom is -0.336 e. The first-order valence-electron chi connectivity index (χ1n) is 6.42. The Bertz CT molecular complexity index is 474. The molecule has 1 aliphatic rings. The number of aryl methyl sites for hydroxylation is 1. The smallest absolute Gasteiger partial charge is 0.317 e. The van der Waals surface area contributed by atoms with E-state index in [0.717, 1.165) is 0 Å². The van der Waals surface area contributed by atoms with Crippen LogP contribution in [0.1, 0.15) is 43.5 Å². The number of hydrogen-bond acceptors (Lipinski definition) is 1. The standard InChI is InChI=1S/C15H22N2O/c1-10-6-7-11(15(2,3)4)8-12(10)13-9-16-14(18)17(13)5/h6-8,13H,9H2,1-5H3,(H,16,18). The second kappa shape index (κ2) is 4.30. The van der Waals surface area contributed by atoms with E-state index in [9.17, 15) is 4.79 Å². The van der Waals surface area contributed by atoms with Gasteiger partial charge in [-0.2, -0.15) is 0 Å². The van der Waals surface area contributed by atoms with Gasteiger partial charge in [0.15, 0.2) is 0 Å². The van der Waals surface area contributed by atoms with Crippen molar-refractivity contribution in [2.24, 2.45) is 0 Å². The number of amides is 2. The van der Waals surface area contributed by atoms with Crippen molar-refractivity contribution in [3.05, 3.63) is 34.9 Å². The van der Waals surface area contributed by atoms with Crippen molar-refractivity contribution in [2.45, 2.75) is 39.2 Å². The molecule has 98 valence electrons. The van der Waals surface area contributed by atoms with Gasteiger partial charge in [-0.25, -0.2) is 4.79 Å². The molecule has 1 aromatic carbocycles. The zero-order chi connectivity index (χ0) is 13.5. The largest absolute Gasteiger partial charge is 0.336 e. The first-order chi connectivity index (χ1) is 8.30. The summed E-state index contributed by atoms with van der Waals surface area (Å²) in [5, 5.41) is 2.89. The minimum absolute atomic E-state index is 0.0144. The van der Waals surface area contributed by atoms with E-state index < -0.39 is 0 Å². The zero-order valence-corrected chi connectivity index (χ0v) is 11.9. The van der Waals surface area contributed by atoms with Gasteiger partial charge in [0.1, 0.15) is 0 Å². The predicted molar refractivity (Wildman–Crippen MR) is 73.8 cm³/mol. The van der Waals surface area contributed by atoms with E-state index in [4.69, 9.17) is 0 Å². The Hall–Kier alpha value is -1.51. The molecule has 1 saturated heterocycles. The first kappa shape index (κ1) is 12.9. The summed E-state index contributed by atoms with van der Waals surface area (Å²) < 4.78 is 0. The summed E-state index contributed by atoms with van der Waals surface area (Å²) in [5.41, 5.74) is 3.95. The number of nitrogens with one attached hydrogen (secondary N) is 1. The van der Waals surface area contributed by atoms with Gasteiger partial charge < -0.3 is 10.2 Å². The van der Waals surface area contributed by atoms with E-state index in [0.29, 0.717) is 6.54 Å². The molecule has 2 rings (SSSR count). The molecule has 1 aliphatic heterocycles. The molecule has 0 aromatic heterocycles. The van der Waals surface area contributed by atoms with E-state index in [1.807, 2.05) is 7.05 Å². The van der Waals surface area contributed by atoms with Crippen LogP contribution in [0.25, 0.3) is 0 Å². The highest BCUT2D eigenvalue weighted by atomic mass is 16.2. The third-order valence-corrected chi connectivity index (χ3v) is 3.74. The number of rotatable bonds is 1. The molecule has 1 heterocycles. The number of carbonyl (C=O) groups is 1. The molecule has 1 aromatic rings. The highest BCUT2D eigenvalue weighted by Gasteiger charge is 2.30. The van der Waals surface area contributed by atoms with Gasteiger partial charge in [0.25, 0.3) is 0 Å². The maximum atomic E-state index is 11.6. The third-order valence-electron chi connectivity index (χ3n) is 3.74. The summed E-state index contributed by atoms with van der Waals surface area (Å²) in [6.45, 7) is 9.44. The van der Waals surface area contributed by atoms with Crippen molar-refractivity contribution in [3.8, 4) is 0 Å². The van der Waals surface area contributed by atoms with Crippen LogP contribution < -0.4 is 5.32 Å². The fourth-order valence-electron chi connectivity index (χ4n) is 2.37. The number of likely N-dealkylation sites (N-methyl/N-ethyl adjacent to an activating group) is 1. The van der Waals surface area contributed by atoms with E-state index in [1.165, 1.54) is 16.7 Å². The van der Waals surface area contributed by atoms with Gasteiger partial charge in [0.2, 0.25) is 0 Å². The van der Waals surface area contributed by atoms with E-state index in [-0.39, 0.29) is 17.5 Å². The lowest BCUT2D eigenvalue weighted by Gasteiger charge is -2.25. The van der Waals surface area contributed by atoms with Gasteiger partial charge >= 0.3 is 6.03 Å². The molecule has 1 N–H and O–H groups in total. The van der Waals surface area contributed by atoms with Crippen LogP contribution in [0.3, 0.4) is 0 Å². The van der Waals surface area contributed by atoms with E-state index in [2.05, 4.69) is 51.2 Å². The Kier molecular flexibility index (Phi) is 3.09. The first-order valence-corrected chi connectivity index (χ1v) is 6.42. The highest BCUT2D eigenvalue weighted by Crippen LogP contribution is 2.30. The van der Waals surface area contributed by atoms with Crippen molar-refractivity contribution in [3.63, 3.8) is 0 Å². The lowest BCUT2D eigenvalue weighted by molar-refractivity contribution is 0.216. The second-order valence-electron chi connectivity index (χ2n) is 6.13. The molecule has 0 spiro atoms. The van der Waals surface area contributed by atoms with Gasteiger partial charge in [0, 0.05) is 13.6 Å². The molecular formula is C15H22N2O. The minimum atomic E-state index is 0.0144. The van der Waals surface area contributed by atoms with Crippen LogP contribution >= 0.6 is 0 Å². The molecule has 0 saturated carbocycles. The van der Waals surface area contributed by atoms with Gasteiger partial charge in [-0.05, 0) is 29.0 Å². The molecule has 1 atom stereocenters. The fraction of sp³-hybridized carbons (Fsp3) is 0.533. The monoisotopic (exact) mass is 246 g/mol. The Labute approximate surface area is 109 Å². The van der Waals surface area contributed by atoms with Crippen LogP contribution in [0.4, 0.5) is 4.79 Å². The summed E-state index contributed by atoms with van der Waals surface area (Å²) in [6.07, 6.45) is 0. The molecule has 0 aliphatic carbocycles. The van der Waals surface area contributed by atoms with Gasteiger partial charge in [-0.1, -0.05) is 39.0 Å². The summed E-state index contributed by atoms with van der Waals surface area (Å²) in [7, 11) is 1.86. The number of urea groups is 1. The van der Waals surface area contributed by atoms with Crippen molar-refractivity contribution in [1.29, 1.82) is 0 Å². The van der Waals surface area contributed by atoms with Crippen LogP contribution in [-0.2, 0) is 5.41 Å². The fourth-order valence-corrected chi connectivity index (χ4v) is 2.37. The lowest BCUT2D eigenvalue weighted by atomic mass is 9.84. The van der Waals surface area contributed by atoms with Gasteiger partial charge in [-0.15, -0.1) is 0 Å². The van der Waals surface area contributed by atoms with Crippen LogP contribution in [0, 0.1) is 6.92 Å². The van der Waals surface area contributed by atoms with Crippen LogP contribution in [0.15, 0.2) is 18.2 Å². The molecular weight excluding hydrogens is 224 g/mol. The topological polar surface area (TPSA) is 32.3 Å². The van der Waals surface area contributed by atoms with Crippen molar-refractivity contribution in [1.82, 2.24) is 10.2 Å². The summed E-state index contributed by atoms with van der Waals surface area (Å²) >= 11 is 0. The summed E-state index contributed by atoms with van der Waals surface area (Å²) in [5.74, 6) is 0. The van der Waals surface area contributed by atoms with Gasteiger partial charge in [-0.3, -0.25) is 0 Å². The van der Waals surface area contributed by atoms with Gasteiger partial charge in [0.05, 0.1) is 6.04 Å². The molecule has 18 heavy (non-hydrogen) atoms. The zero-order valence-electron chi connectivity index (χ0n) is 11.9. The SMILES string of the molecule is Cc1ccc(C(C)(C)C)cc1C1CNC(=O)N1C. The third kappa shape index (κ3) is 2.22. The summed E-state index contributed by atoms with van der Waals surface area (Å²) in [4.78, 5) is 13.4. The molecule has 1 fully saturated rings. The van der Waals surface area contributed by atoms with Crippen LogP contribution in [0.5, 0.6) is 0 Å². The molecule has 0 bridgehead atoms. The lowest BCUT2D eigenvalue weighted by Crippen LogP contribution is -2.25. The molecule has 2 amide bonds. The maximum absolute atomic E-state index is 11.6. The maximum Gasteiger partial charge on any atom is 0.317 e. The van der Waals surface area contributed by atoms with Crippen molar-refractivity contribution < 1.29 is 4.79 Å². The van der Waals surface area contributed by atoms with E-state index >= 15 is 0 Å². The van der Waals surface area contributed by atoms with E-state index in [1.54, 1.807) is 4.90 Å². The molecule has 1 unspecified atom stereocenters. The second-order valence-corrected chi connectivity index (χ2v) is 6.13. The highest BCUT2D eigenvalue weighted by molar-refractivity contribution is 5.77. The normalized spacial score (nSPS) is 20.2. The molecule has 0 radical (unpaired) electrons. The quantitative estimate of drug-likeness (QED) is 0.811. The summed E-state index contributed by atoms with van der Waals surface area (Å²) in [6, 6.07) is 6.76. The average molecular weight is 246 g/mol. The Balaban J connectivity index is 2.41. The number of hydrogen-bond donors (Lipinski definition) is 1. The predicted octanol–water partition coefficient (Wildman–Crippen LogP) is 2.99.